The van der Waals surface area contributed by atoms with Crippen LogP contribution in [0.2, 0.25) is 0 Å². The zero-order chi connectivity index (χ0) is 37.0. The topological polar surface area (TPSA) is 184 Å². The Morgan fingerprint density at radius 1 is 0.944 bits per heavy atom. The Balaban J connectivity index is 1.08. The molecule has 15 heteroatoms. The standard InChI is InChI=1S/C39H44N12O3/c1-2-28-21-44-51(48-28)32-18-31(34(52)35(32)53)50-24-43-33-36(41-22-30(26-11-5-3-6-12-26)27-13-7-4-8-14-27)46-38(47-37(33)50)49-17-15-29(23-49)45-39(54)42-20-25-10-9-16-40-19-25/h3-14,16,19,21,24,29-32,34-35,52-53H,2,15,17-18,20,22-23H2,1H3,(H,41,46,47)(H2,42,45,54)/t29-,31+,32-,34-,35+/m0/s1. The number of fused-ring (bicyclic) bond motifs is 1. The molecule has 1 saturated heterocycles. The molecule has 278 valence electrons. The monoisotopic (exact) mass is 728 g/mol. The summed E-state index contributed by atoms with van der Waals surface area (Å²) < 4.78 is 1.84. The van der Waals surface area contributed by atoms with Gasteiger partial charge in [0.1, 0.15) is 18.2 Å². The number of imidazole rings is 1. The van der Waals surface area contributed by atoms with Crippen LogP contribution in [-0.2, 0) is 13.0 Å². The Kier molecular flexibility index (Phi) is 10.1. The molecule has 5 atom stereocenters. The predicted octanol–water partition coefficient (Wildman–Crippen LogP) is 3.61. The second-order valence-electron chi connectivity index (χ2n) is 13.9. The van der Waals surface area contributed by atoms with Crippen molar-refractivity contribution in [2.24, 2.45) is 0 Å². The quantitative estimate of drug-likeness (QED) is 0.124. The summed E-state index contributed by atoms with van der Waals surface area (Å²) in [5.74, 6) is 1.06. The minimum absolute atomic E-state index is 0.0237. The van der Waals surface area contributed by atoms with Gasteiger partial charge < -0.3 is 35.6 Å². The van der Waals surface area contributed by atoms with E-state index in [0.717, 1.165) is 28.8 Å². The third kappa shape index (κ3) is 7.32. The average Bonchev–Trinajstić information content (AvgIpc) is 4.03. The number of aromatic nitrogens is 8. The highest BCUT2D eigenvalue weighted by molar-refractivity contribution is 5.84. The molecule has 0 unspecified atom stereocenters. The van der Waals surface area contributed by atoms with Crippen molar-refractivity contribution in [3.63, 3.8) is 0 Å². The number of benzene rings is 2. The van der Waals surface area contributed by atoms with Gasteiger partial charge in [0.15, 0.2) is 17.0 Å². The number of aliphatic hydroxyl groups is 2. The number of carbonyl (C=O) groups is 1. The molecule has 54 heavy (non-hydrogen) atoms. The number of aryl methyl sites for hydroxylation is 1. The first kappa shape index (κ1) is 35.1. The molecule has 5 N–H and O–H groups in total. The van der Waals surface area contributed by atoms with E-state index < -0.39 is 24.3 Å². The fourth-order valence-corrected chi connectivity index (χ4v) is 7.51. The summed E-state index contributed by atoms with van der Waals surface area (Å²) in [6.45, 7) is 4.04. The number of anilines is 2. The minimum atomic E-state index is -1.11. The zero-order valence-corrected chi connectivity index (χ0v) is 30.0. The van der Waals surface area contributed by atoms with Crippen LogP contribution >= 0.6 is 0 Å². The highest BCUT2D eigenvalue weighted by atomic mass is 16.3. The molecule has 6 aromatic rings. The molecular weight excluding hydrogens is 685 g/mol. The maximum atomic E-state index is 12.8. The Morgan fingerprint density at radius 2 is 1.70 bits per heavy atom. The van der Waals surface area contributed by atoms with Crippen LogP contribution in [0.5, 0.6) is 0 Å². The molecule has 2 amide bonds. The molecule has 0 bridgehead atoms. The first-order chi connectivity index (χ1) is 26.4. The van der Waals surface area contributed by atoms with Gasteiger partial charge in [0, 0.05) is 50.5 Å². The van der Waals surface area contributed by atoms with E-state index in [2.05, 4.69) is 60.3 Å². The number of hydrogen-bond acceptors (Lipinski definition) is 11. The van der Waals surface area contributed by atoms with Crippen molar-refractivity contribution in [1.82, 2.24) is 50.1 Å². The molecule has 2 aliphatic rings. The Bertz CT molecular complexity index is 2120. The molecule has 5 heterocycles. The van der Waals surface area contributed by atoms with E-state index in [1.165, 1.54) is 4.80 Å². The van der Waals surface area contributed by atoms with E-state index >= 15 is 0 Å². The first-order valence-corrected chi connectivity index (χ1v) is 18.5. The third-order valence-electron chi connectivity index (χ3n) is 10.5. The molecule has 1 saturated carbocycles. The fourth-order valence-electron chi connectivity index (χ4n) is 7.51. The van der Waals surface area contributed by atoms with Crippen molar-refractivity contribution in [3.8, 4) is 0 Å². The third-order valence-corrected chi connectivity index (χ3v) is 10.5. The van der Waals surface area contributed by atoms with Gasteiger partial charge in [-0.05, 0) is 42.0 Å². The smallest absolute Gasteiger partial charge is 0.315 e. The molecule has 1 aliphatic heterocycles. The molecule has 0 spiro atoms. The van der Waals surface area contributed by atoms with Gasteiger partial charge in [0.25, 0.3) is 0 Å². The van der Waals surface area contributed by atoms with Crippen LogP contribution in [0, 0.1) is 0 Å². The predicted molar refractivity (Wildman–Crippen MR) is 203 cm³/mol. The van der Waals surface area contributed by atoms with E-state index in [1.54, 1.807) is 24.9 Å². The summed E-state index contributed by atoms with van der Waals surface area (Å²) in [6.07, 6.45) is 6.39. The van der Waals surface area contributed by atoms with Crippen molar-refractivity contribution in [2.45, 2.75) is 69.0 Å². The van der Waals surface area contributed by atoms with Crippen molar-refractivity contribution >= 4 is 29.0 Å². The summed E-state index contributed by atoms with van der Waals surface area (Å²) in [4.78, 5) is 35.4. The average molecular weight is 729 g/mol. The van der Waals surface area contributed by atoms with E-state index in [4.69, 9.17) is 15.0 Å². The van der Waals surface area contributed by atoms with Gasteiger partial charge in [-0.25, -0.2) is 9.78 Å². The van der Waals surface area contributed by atoms with E-state index in [9.17, 15) is 15.0 Å². The summed E-state index contributed by atoms with van der Waals surface area (Å²) in [5, 5.41) is 41.2. The van der Waals surface area contributed by atoms with Crippen LogP contribution in [0.4, 0.5) is 16.6 Å². The van der Waals surface area contributed by atoms with Crippen LogP contribution in [0.25, 0.3) is 11.2 Å². The molecule has 1 aliphatic carbocycles. The molecule has 2 aromatic carbocycles. The van der Waals surface area contributed by atoms with E-state index in [-0.39, 0.29) is 18.0 Å². The maximum absolute atomic E-state index is 12.8. The molecule has 2 fully saturated rings. The summed E-state index contributed by atoms with van der Waals surface area (Å²) in [6, 6.07) is 23.0. The van der Waals surface area contributed by atoms with Crippen molar-refractivity contribution in [2.75, 3.05) is 29.9 Å². The number of pyridine rings is 1. The number of carbonyl (C=O) groups excluding carboxylic acids is 1. The summed E-state index contributed by atoms with van der Waals surface area (Å²) in [5.41, 5.74) is 5.14. The lowest BCUT2D eigenvalue weighted by Gasteiger charge is -2.22. The first-order valence-electron chi connectivity index (χ1n) is 18.5. The number of rotatable bonds is 12. The van der Waals surface area contributed by atoms with Gasteiger partial charge in [-0.3, -0.25) is 4.98 Å². The van der Waals surface area contributed by atoms with Crippen LogP contribution in [0.3, 0.4) is 0 Å². The zero-order valence-electron chi connectivity index (χ0n) is 30.0. The molecule has 0 radical (unpaired) electrons. The lowest BCUT2D eigenvalue weighted by molar-refractivity contribution is 0.00497. The second kappa shape index (κ2) is 15.6. The normalized spacial score (nSPS) is 21.2. The molecule has 4 aromatic heterocycles. The summed E-state index contributed by atoms with van der Waals surface area (Å²) in [7, 11) is 0. The Morgan fingerprint density at radius 3 is 2.41 bits per heavy atom. The van der Waals surface area contributed by atoms with Gasteiger partial charge in [-0.15, -0.1) is 0 Å². The van der Waals surface area contributed by atoms with E-state index in [1.807, 2.05) is 60.0 Å². The molecule has 8 rings (SSSR count). The second-order valence-corrected chi connectivity index (χ2v) is 13.9. The van der Waals surface area contributed by atoms with Crippen LogP contribution in [0.15, 0.2) is 97.7 Å². The highest BCUT2D eigenvalue weighted by Crippen LogP contribution is 2.40. The number of nitrogens with zero attached hydrogens (tertiary/aromatic N) is 9. The molecule has 15 nitrogen and oxygen atoms in total. The molecular formula is C39H44N12O3. The van der Waals surface area contributed by atoms with Crippen molar-refractivity contribution < 1.29 is 15.0 Å². The number of aliphatic hydroxyl groups excluding tert-OH is 2. The highest BCUT2D eigenvalue weighted by Gasteiger charge is 2.45. The number of amides is 2. The van der Waals surface area contributed by atoms with Gasteiger partial charge in [0.2, 0.25) is 5.95 Å². The largest absolute Gasteiger partial charge is 0.388 e. The number of nitrogens with one attached hydrogen (secondary N) is 3. The van der Waals surface area contributed by atoms with Crippen LogP contribution in [-0.4, -0.2) is 93.6 Å². The summed E-state index contributed by atoms with van der Waals surface area (Å²) >= 11 is 0. The van der Waals surface area contributed by atoms with E-state index in [0.29, 0.717) is 62.0 Å². The van der Waals surface area contributed by atoms with Gasteiger partial charge in [0.05, 0.1) is 24.3 Å². The van der Waals surface area contributed by atoms with Crippen LogP contribution in [0.1, 0.15) is 60.2 Å². The Hall–Kier alpha value is -5.93. The number of urea groups is 1. The lowest BCUT2D eigenvalue weighted by atomic mass is 9.91. The van der Waals surface area contributed by atoms with Gasteiger partial charge >= 0.3 is 6.03 Å². The van der Waals surface area contributed by atoms with Gasteiger partial charge in [-0.1, -0.05) is 73.7 Å². The SMILES string of the molecule is CCc1cnn([C@H]2C[C@@H](n3cnc4c(NCC(c5ccccc5)c5ccccc5)nc(N5CC[C@H](NC(=O)NCc6cccnc6)C5)nc43)[C@H](O)[C@@H]2O)n1. The fraction of sp³-hybridized carbons (Fsp3) is 0.359. The number of hydrogen-bond donors (Lipinski definition) is 5. The lowest BCUT2D eigenvalue weighted by Crippen LogP contribution is -2.43. The van der Waals surface area contributed by atoms with Gasteiger partial charge in [-0.2, -0.15) is 25.0 Å². The maximum Gasteiger partial charge on any atom is 0.315 e. The van der Waals surface area contributed by atoms with Crippen molar-refractivity contribution in [3.05, 3.63) is 120 Å². The minimum Gasteiger partial charge on any atom is -0.388 e. The van der Waals surface area contributed by atoms with Crippen molar-refractivity contribution in [1.29, 1.82) is 0 Å². The Labute approximate surface area is 312 Å². The van der Waals surface area contributed by atoms with Crippen LogP contribution < -0.4 is 20.9 Å².